The molecule has 4 heterocycles. The molecule has 0 aliphatic carbocycles. The quantitative estimate of drug-likeness (QED) is 0.538. The second kappa shape index (κ2) is 7.33. The predicted molar refractivity (Wildman–Crippen MR) is 104 cm³/mol. The lowest BCUT2D eigenvalue weighted by atomic mass is 10.0. The second-order valence-corrected chi connectivity index (χ2v) is 9.63. The molecule has 0 spiro atoms. The van der Waals surface area contributed by atoms with E-state index in [2.05, 4.69) is 15.0 Å². The Labute approximate surface area is 172 Å². The maximum atomic E-state index is 12.8. The Bertz CT molecular complexity index is 969. The average Bonchev–Trinajstić information content (AvgIpc) is 3.13. The third-order valence-electron chi connectivity index (χ3n) is 4.60. The van der Waals surface area contributed by atoms with Gasteiger partial charge in [-0.3, -0.25) is 18.1 Å². The van der Waals surface area contributed by atoms with Crippen molar-refractivity contribution in [2.75, 3.05) is 18.9 Å². The van der Waals surface area contributed by atoms with Crippen LogP contribution in [0.5, 0.6) is 5.88 Å². The van der Waals surface area contributed by atoms with Crippen LogP contribution in [0.25, 0.3) is 11.2 Å². The molecule has 2 N–H and O–H groups in total. The van der Waals surface area contributed by atoms with Gasteiger partial charge in [0.15, 0.2) is 17.4 Å². The number of imidazole rings is 1. The first-order chi connectivity index (χ1) is 13.6. The van der Waals surface area contributed by atoms with E-state index in [9.17, 15) is 4.57 Å². The van der Waals surface area contributed by atoms with Crippen molar-refractivity contribution in [2.24, 2.45) is 0 Å². The predicted octanol–water partition coefficient (Wildman–Crippen LogP) is 2.65. The van der Waals surface area contributed by atoms with Crippen LogP contribution in [0.4, 0.5) is 5.95 Å². The molecule has 4 rings (SSSR count). The van der Waals surface area contributed by atoms with Crippen LogP contribution in [0.1, 0.15) is 33.9 Å². The number of nitrogens with two attached hydrogens (primary N) is 1. The van der Waals surface area contributed by atoms with Crippen molar-refractivity contribution in [3.63, 3.8) is 0 Å². The van der Waals surface area contributed by atoms with Gasteiger partial charge in [-0.05, 0) is 27.7 Å². The van der Waals surface area contributed by atoms with Crippen LogP contribution in [0.15, 0.2) is 6.33 Å². The third kappa shape index (κ3) is 3.60. The first-order valence-corrected chi connectivity index (χ1v) is 11.1. The first kappa shape index (κ1) is 20.8. The average molecular weight is 448 g/mol. The molecular formula is C16H23ClN5O6P. The molecule has 2 saturated heterocycles. The Morgan fingerprint density at radius 3 is 2.93 bits per heavy atom. The SMILES string of the molecule is CCOc1nc(N)nc2c1ncn2[C@@H]1O[C@@H]2COP(=O)(OC(C)C)O[C@H]2[C@@]1(C)Cl. The maximum absolute atomic E-state index is 12.8. The van der Waals surface area contributed by atoms with Crippen molar-refractivity contribution in [2.45, 2.75) is 57.1 Å². The molecule has 0 radical (unpaired) electrons. The zero-order chi connectivity index (χ0) is 21.0. The van der Waals surface area contributed by atoms with Crippen LogP contribution >= 0.6 is 19.4 Å². The van der Waals surface area contributed by atoms with E-state index in [1.807, 2.05) is 6.92 Å². The molecule has 0 amide bonds. The van der Waals surface area contributed by atoms with Gasteiger partial charge in [-0.1, -0.05) is 0 Å². The smallest absolute Gasteiger partial charge is 0.475 e. The molecule has 0 saturated carbocycles. The van der Waals surface area contributed by atoms with Gasteiger partial charge in [0.2, 0.25) is 11.8 Å². The highest BCUT2D eigenvalue weighted by Crippen LogP contribution is 2.60. The molecular weight excluding hydrogens is 425 g/mol. The number of anilines is 1. The molecule has 2 aliphatic heterocycles. The number of phosphoric acid groups is 1. The maximum Gasteiger partial charge on any atom is 0.475 e. The second-order valence-electron chi connectivity index (χ2n) is 7.25. The number of aromatic nitrogens is 4. The third-order valence-corrected chi connectivity index (χ3v) is 6.63. The number of halogens is 1. The van der Waals surface area contributed by atoms with Gasteiger partial charge in [-0.25, -0.2) is 9.55 Å². The monoisotopic (exact) mass is 447 g/mol. The number of phosphoric ester groups is 1. The van der Waals surface area contributed by atoms with Gasteiger partial charge in [0, 0.05) is 0 Å². The van der Waals surface area contributed by atoms with Gasteiger partial charge in [0.1, 0.15) is 17.1 Å². The largest absolute Gasteiger partial charge is 0.476 e. The van der Waals surface area contributed by atoms with Crippen LogP contribution in [0, 0.1) is 0 Å². The summed E-state index contributed by atoms with van der Waals surface area (Å²) in [7, 11) is -3.75. The molecule has 1 unspecified atom stereocenters. The number of nitrogen functional groups attached to an aromatic ring is 1. The summed E-state index contributed by atoms with van der Waals surface area (Å²) < 4.78 is 42.4. The highest BCUT2D eigenvalue weighted by molar-refractivity contribution is 7.48. The van der Waals surface area contributed by atoms with E-state index in [0.29, 0.717) is 17.8 Å². The van der Waals surface area contributed by atoms with Crippen LogP contribution < -0.4 is 10.5 Å². The molecule has 2 aromatic heterocycles. The number of alkyl halides is 1. The van der Waals surface area contributed by atoms with Gasteiger partial charge < -0.3 is 15.2 Å². The van der Waals surface area contributed by atoms with Crippen molar-refractivity contribution in [1.29, 1.82) is 0 Å². The molecule has 0 aromatic carbocycles. The van der Waals surface area contributed by atoms with Gasteiger partial charge >= 0.3 is 7.82 Å². The number of ether oxygens (including phenoxy) is 2. The fourth-order valence-corrected chi connectivity index (χ4v) is 5.53. The molecule has 11 nitrogen and oxygen atoms in total. The molecule has 29 heavy (non-hydrogen) atoms. The summed E-state index contributed by atoms with van der Waals surface area (Å²) >= 11 is 6.87. The molecule has 0 bridgehead atoms. The number of hydrogen-bond donors (Lipinski definition) is 1. The lowest BCUT2D eigenvalue weighted by Gasteiger charge is -2.35. The number of rotatable bonds is 5. The molecule has 160 valence electrons. The van der Waals surface area contributed by atoms with E-state index in [-0.39, 0.29) is 24.5 Å². The summed E-state index contributed by atoms with van der Waals surface area (Å²) in [6, 6.07) is 0. The van der Waals surface area contributed by atoms with Crippen LogP contribution in [0.2, 0.25) is 0 Å². The molecule has 2 aliphatic rings. The minimum Gasteiger partial charge on any atom is -0.476 e. The summed E-state index contributed by atoms with van der Waals surface area (Å²) in [4.78, 5) is 11.6. The molecule has 2 aromatic rings. The fraction of sp³-hybridized carbons (Fsp3) is 0.688. The number of hydrogen-bond acceptors (Lipinski definition) is 10. The minimum absolute atomic E-state index is 0.0153. The molecule has 2 fully saturated rings. The normalized spacial score (nSPS) is 34.6. The van der Waals surface area contributed by atoms with Crippen LogP contribution in [-0.2, 0) is 22.9 Å². The van der Waals surface area contributed by atoms with Gasteiger partial charge in [0.05, 0.1) is 25.6 Å². The molecule has 5 atom stereocenters. The summed E-state index contributed by atoms with van der Waals surface area (Å²) in [5.74, 6) is 0.304. The zero-order valence-corrected chi connectivity index (χ0v) is 18.1. The van der Waals surface area contributed by atoms with E-state index in [0.717, 1.165) is 0 Å². The van der Waals surface area contributed by atoms with Crippen molar-refractivity contribution in [1.82, 2.24) is 19.5 Å². The van der Waals surface area contributed by atoms with Gasteiger partial charge in [-0.15, -0.1) is 11.6 Å². The highest BCUT2D eigenvalue weighted by atomic mass is 35.5. The lowest BCUT2D eigenvalue weighted by Crippen LogP contribution is -2.44. The summed E-state index contributed by atoms with van der Waals surface area (Å²) in [6.45, 7) is 7.45. The van der Waals surface area contributed by atoms with E-state index in [1.165, 1.54) is 6.33 Å². The van der Waals surface area contributed by atoms with Crippen LogP contribution in [-0.4, -0.2) is 55.9 Å². The van der Waals surface area contributed by atoms with Crippen molar-refractivity contribution >= 4 is 36.5 Å². The number of fused-ring (bicyclic) bond motifs is 2. The lowest BCUT2D eigenvalue weighted by molar-refractivity contribution is -0.0733. The Morgan fingerprint density at radius 2 is 2.24 bits per heavy atom. The van der Waals surface area contributed by atoms with E-state index in [1.54, 1.807) is 25.3 Å². The first-order valence-electron chi connectivity index (χ1n) is 9.23. The Balaban J connectivity index is 1.70. The van der Waals surface area contributed by atoms with Crippen molar-refractivity contribution < 1.29 is 27.6 Å². The summed E-state index contributed by atoms with van der Waals surface area (Å²) in [5.41, 5.74) is 6.66. The minimum atomic E-state index is -3.75. The number of nitrogens with zero attached hydrogens (tertiary/aromatic N) is 4. The van der Waals surface area contributed by atoms with Crippen molar-refractivity contribution in [3.05, 3.63) is 6.33 Å². The summed E-state index contributed by atoms with van der Waals surface area (Å²) in [5, 5.41) is 0. The Hall–Kier alpha value is -1.49. The fourth-order valence-electron chi connectivity index (χ4n) is 3.47. The Morgan fingerprint density at radius 1 is 1.48 bits per heavy atom. The highest BCUT2D eigenvalue weighted by Gasteiger charge is 2.60. The Kier molecular flexibility index (Phi) is 5.25. The zero-order valence-electron chi connectivity index (χ0n) is 16.4. The molecule has 13 heteroatoms. The van der Waals surface area contributed by atoms with Crippen molar-refractivity contribution in [3.8, 4) is 5.88 Å². The van der Waals surface area contributed by atoms with E-state index < -0.39 is 31.1 Å². The standard InChI is InChI=1S/C16H23ClN5O6P/c1-5-24-13-10-12(20-15(18)21-13)22(7-19-10)14-16(4,17)11-9(26-14)6-25-29(23,28-11)27-8(2)3/h7-9,11,14H,5-6H2,1-4H3,(H2,18,20,21)/t9-,11-,14-,16-,29?/m1/s1. The van der Waals surface area contributed by atoms with Crippen LogP contribution in [0.3, 0.4) is 0 Å². The van der Waals surface area contributed by atoms with E-state index >= 15 is 0 Å². The summed E-state index contributed by atoms with van der Waals surface area (Å²) in [6.07, 6.45) is -0.859. The van der Waals surface area contributed by atoms with Gasteiger partial charge in [-0.2, -0.15) is 9.97 Å². The topological polar surface area (TPSA) is 133 Å². The van der Waals surface area contributed by atoms with E-state index in [4.69, 9.17) is 40.4 Å². The van der Waals surface area contributed by atoms with Gasteiger partial charge in [0.25, 0.3) is 0 Å².